The van der Waals surface area contributed by atoms with Gasteiger partial charge in [0.1, 0.15) is 5.76 Å². The first kappa shape index (κ1) is 15.7. The quantitative estimate of drug-likeness (QED) is 0.850. The van der Waals surface area contributed by atoms with Crippen molar-refractivity contribution >= 4 is 11.6 Å². The zero-order valence-corrected chi connectivity index (χ0v) is 13.2. The molecule has 2 aromatic rings. The van der Waals surface area contributed by atoms with Gasteiger partial charge in [-0.15, -0.1) is 0 Å². The minimum Gasteiger partial charge on any atom is -0.493 e. The Morgan fingerprint density at radius 2 is 2.10 bits per heavy atom. The molecule has 0 saturated heterocycles. The summed E-state index contributed by atoms with van der Waals surface area (Å²) in [4.78, 5) is 0. The summed E-state index contributed by atoms with van der Waals surface area (Å²) in [5.74, 6) is 2.02. The molecular weight excluding hydrogens is 292 g/mol. The van der Waals surface area contributed by atoms with E-state index in [1.165, 1.54) is 0 Å². The summed E-state index contributed by atoms with van der Waals surface area (Å²) in [6, 6.07) is 5.69. The molecular formula is C15H19ClN2O3. The highest BCUT2D eigenvalue weighted by Gasteiger charge is 2.11. The summed E-state index contributed by atoms with van der Waals surface area (Å²) in [6.45, 7) is 5.59. The molecule has 1 aromatic heterocycles. The first-order valence-electron chi connectivity index (χ1n) is 6.76. The Kier molecular flexibility index (Phi) is 5.47. The molecule has 2 rings (SSSR count). The molecule has 0 unspecified atom stereocenters. The molecule has 0 aliphatic rings. The van der Waals surface area contributed by atoms with E-state index in [4.69, 9.17) is 25.6 Å². The van der Waals surface area contributed by atoms with Crippen molar-refractivity contribution in [2.75, 3.05) is 13.7 Å². The van der Waals surface area contributed by atoms with E-state index in [1.807, 2.05) is 32.0 Å². The van der Waals surface area contributed by atoms with Gasteiger partial charge in [-0.1, -0.05) is 16.8 Å². The number of halogens is 1. The maximum absolute atomic E-state index is 6.23. The van der Waals surface area contributed by atoms with Gasteiger partial charge in [-0.05, 0) is 31.5 Å². The van der Waals surface area contributed by atoms with Crippen molar-refractivity contribution in [2.24, 2.45) is 0 Å². The Balaban J connectivity index is 2.01. The van der Waals surface area contributed by atoms with Gasteiger partial charge in [0, 0.05) is 19.2 Å². The molecule has 1 heterocycles. The van der Waals surface area contributed by atoms with E-state index in [9.17, 15) is 0 Å². The van der Waals surface area contributed by atoms with E-state index in [1.54, 1.807) is 7.11 Å². The molecule has 0 saturated carbocycles. The molecule has 6 heteroatoms. The number of rotatable bonds is 7. The summed E-state index contributed by atoms with van der Waals surface area (Å²) < 4.78 is 15.8. The van der Waals surface area contributed by atoms with Gasteiger partial charge >= 0.3 is 0 Å². The number of benzene rings is 1. The van der Waals surface area contributed by atoms with Crippen LogP contribution in [0, 0.1) is 6.92 Å². The van der Waals surface area contributed by atoms with Gasteiger partial charge in [-0.25, -0.2) is 0 Å². The molecule has 1 N–H and O–H groups in total. The lowest BCUT2D eigenvalue weighted by atomic mass is 10.2. The molecule has 114 valence electrons. The molecule has 0 spiro atoms. The van der Waals surface area contributed by atoms with Gasteiger partial charge in [0.15, 0.2) is 11.5 Å². The normalized spacial score (nSPS) is 10.7. The van der Waals surface area contributed by atoms with Gasteiger partial charge in [-0.3, -0.25) is 0 Å². The molecule has 0 radical (unpaired) electrons. The Labute approximate surface area is 129 Å². The first-order valence-corrected chi connectivity index (χ1v) is 7.14. The van der Waals surface area contributed by atoms with Crippen molar-refractivity contribution in [3.63, 3.8) is 0 Å². The zero-order valence-electron chi connectivity index (χ0n) is 12.4. The van der Waals surface area contributed by atoms with Crippen molar-refractivity contribution in [1.82, 2.24) is 10.5 Å². The topological polar surface area (TPSA) is 56.5 Å². The van der Waals surface area contributed by atoms with E-state index in [-0.39, 0.29) is 0 Å². The maximum atomic E-state index is 6.23. The van der Waals surface area contributed by atoms with Crippen LogP contribution < -0.4 is 14.8 Å². The van der Waals surface area contributed by atoms with Crippen LogP contribution in [-0.2, 0) is 13.1 Å². The summed E-state index contributed by atoms with van der Waals surface area (Å²) in [5, 5.41) is 7.76. The third-order valence-corrected chi connectivity index (χ3v) is 3.17. The fraction of sp³-hybridized carbons (Fsp3) is 0.400. The molecule has 0 bridgehead atoms. The third kappa shape index (κ3) is 4.12. The second-order valence-electron chi connectivity index (χ2n) is 4.57. The van der Waals surface area contributed by atoms with E-state index in [0.29, 0.717) is 36.2 Å². The number of hydrogen-bond donors (Lipinski definition) is 1. The van der Waals surface area contributed by atoms with Crippen LogP contribution in [0.1, 0.15) is 23.9 Å². The van der Waals surface area contributed by atoms with Crippen molar-refractivity contribution < 1.29 is 14.0 Å². The number of nitrogens with zero attached hydrogens (tertiary/aromatic N) is 1. The summed E-state index contributed by atoms with van der Waals surface area (Å²) in [7, 11) is 1.60. The van der Waals surface area contributed by atoms with Crippen molar-refractivity contribution in [1.29, 1.82) is 0 Å². The van der Waals surface area contributed by atoms with Crippen molar-refractivity contribution in [3.8, 4) is 11.5 Å². The van der Waals surface area contributed by atoms with Crippen LogP contribution in [0.3, 0.4) is 0 Å². The minimum atomic E-state index is 0.541. The van der Waals surface area contributed by atoms with Gasteiger partial charge in [0.05, 0.1) is 24.4 Å². The second kappa shape index (κ2) is 7.33. The molecule has 0 aliphatic carbocycles. The fourth-order valence-electron chi connectivity index (χ4n) is 2.00. The number of ether oxygens (including phenoxy) is 2. The van der Waals surface area contributed by atoms with Crippen LogP contribution in [0.2, 0.25) is 5.02 Å². The Bertz CT molecular complexity index is 599. The number of hydrogen-bond acceptors (Lipinski definition) is 5. The number of aromatic nitrogens is 1. The van der Waals surface area contributed by atoms with Crippen LogP contribution in [0.4, 0.5) is 0 Å². The number of methoxy groups -OCH3 is 1. The molecule has 0 aliphatic heterocycles. The van der Waals surface area contributed by atoms with Crippen LogP contribution in [0.25, 0.3) is 0 Å². The lowest BCUT2D eigenvalue weighted by Crippen LogP contribution is -2.13. The maximum Gasteiger partial charge on any atom is 0.179 e. The highest BCUT2D eigenvalue weighted by atomic mass is 35.5. The van der Waals surface area contributed by atoms with E-state index in [0.717, 1.165) is 17.0 Å². The molecule has 0 amide bonds. The third-order valence-electron chi connectivity index (χ3n) is 2.89. The second-order valence-corrected chi connectivity index (χ2v) is 4.98. The Hall–Kier alpha value is -1.72. The highest BCUT2D eigenvalue weighted by Crippen LogP contribution is 2.36. The summed E-state index contributed by atoms with van der Waals surface area (Å²) >= 11 is 6.23. The zero-order chi connectivity index (χ0) is 15.2. The van der Waals surface area contributed by atoms with Gasteiger partial charge < -0.3 is 19.3 Å². The van der Waals surface area contributed by atoms with E-state index < -0.39 is 0 Å². The van der Waals surface area contributed by atoms with Crippen LogP contribution in [0.5, 0.6) is 11.5 Å². The first-order chi connectivity index (χ1) is 10.1. The SMILES string of the molecule is CCOc1c(Cl)cc(CNCc2cc(C)on2)cc1OC. The summed E-state index contributed by atoms with van der Waals surface area (Å²) in [5.41, 5.74) is 1.89. The minimum absolute atomic E-state index is 0.541. The monoisotopic (exact) mass is 310 g/mol. The Morgan fingerprint density at radius 1 is 1.29 bits per heavy atom. The lowest BCUT2D eigenvalue weighted by molar-refractivity contribution is 0.311. The predicted molar refractivity (Wildman–Crippen MR) is 81.0 cm³/mol. The Morgan fingerprint density at radius 3 is 2.71 bits per heavy atom. The lowest BCUT2D eigenvalue weighted by Gasteiger charge is -2.13. The largest absolute Gasteiger partial charge is 0.493 e. The standard InChI is InChI=1S/C15H19ClN2O3/c1-4-20-15-13(16)6-11(7-14(15)19-3)8-17-9-12-5-10(2)21-18-12/h5-7,17H,4,8-9H2,1-3H3. The molecule has 5 nitrogen and oxygen atoms in total. The molecule has 0 fully saturated rings. The highest BCUT2D eigenvalue weighted by molar-refractivity contribution is 6.32. The smallest absolute Gasteiger partial charge is 0.179 e. The van der Waals surface area contributed by atoms with Crippen LogP contribution in [0.15, 0.2) is 22.7 Å². The number of nitrogens with one attached hydrogen (secondary N) is 1. The fourth-order valence-corrected chi connectivity index (χ4v) is 2.28. The average Bonchev–Trinajstić information content (AvgIpc) is 2.87. The average molecular weight is 311 g/mol. The van der Waals surface area contributed by atoms with E-state index in [2.05, 4.69) is 10.5 Å². The molecule has 1 aromatic carbocycles. The van der Waals surface area contributed by atoms with Gasteiger partial charge in [0.2, 0.25) is 0 Å². The predicted octanol–water partition coefficient (Wildman–Crippen LogP) is 3.33. The van der Waals surface area contributed by atoms with Gasteiger partial charge in [0.25, 0.3) is 0 Å². The molecule has 21 heavy (non-hydrogen) atoms. The number of aryl methyl sites for hydroxylation is 1. The summed E-state index contributed by atoms with van der Waals surface area (Å²) in [6.07, 6.45) is 0. The molecule has 0 atom stereocenters. The van der Waals surface area contributed by atoms with Crippen LogP contribution in [-0.4, -0.2) is 18.9 Å². The van der Waals surface area contributed by atoms with Crippen molar-refractivity contribution in [2.45, 2.75) is 26.9 Å². The van der Waals surface area contributed by atoms with Gasteiger partial charge in [-0.2, -0.15) is 0 Å². The van der Waals surface area contributed by atoms with Crippen LogP contribution >= 0.6 is 11.6 Å². The van der Waals surface area contributed by atoms with Crippen molar-refractivity contribution in [3.05, 3.63) is 40.2 Å². The van der Waals surface area contributed by atoms with E-state index >= 15 is 0 Å².